The van der Waals surface area contributed by atoms with Gasteiger partial charge in [0.1, 0.15) is 0 Å². The van der Waals surface area contributed by atoms with E-state index in [1.165, 1.54) is 0 Å². The fourth-order valence-corrected chi connectivity index (χ4v) is 2.01. The summed E-state index contributed by atoms with van der Waals surface area (Å²) in [7, 11) is 1.88. The molecule has 5 heteroatoms. The summed E-state index contributed by atoms with van der Waals surface area (Å²) in [6.07, 6.45) is 3.09. The Labute approximate surface area is 94.3 Å². The molecule has 2 N–H and O–H groups in total. The zero-order chi connectivity index (χ0) is 11.9. The predicted molar refractivity (Wildman–Crippen MR) is 62.9 cm³/mol. The van der Waals surface area contributed by atoms with Gasteiger partial charge in [0.15, 0.2) is 16.0 Å². The first-order valence-electron chi connectivity index (χ1n) is 5.09. The molecule has 2 atom stereocenters. The Morgan fingerprint density at radius 2 is 2.13 bits per heavy atom. The lowest BCUT2D eigenvalue weighted by Gasteiger charge is -2.26. The molecule has 0 aromatic rings. The van der Waals surface area contributed by atoms with E-state index in [2.05, 4.69) is 6.58 Å². The quantitative estimate of drug-likeness (QED) is 0.490. The summed E-state index contributed by atoms with van der Waals surface area (Å²) in [5.74, 6) is 0. The highest BCUT2D eigenvalue weighted by Crippen LogP contribution is 2.21. The summed E-state index contributed by atoms with van der Waals surface area (Å²) in [6, 6.07) is 0. The fourth-order valence-electron chi connectivity index (χ4n) is 1.37. The van der Waals surface area contributed by atoms with Crippen molar-refractivity contribution in [3.8, 4) is 0 Å². The fraction of sp³-hybridized carbons (Fsp3) is 0.800. The van der Waals surface area contributed by atoms with Gasteiger partial charge in [-0.25, -0.2) is 4.21 Å². The maximum absolute atomic E-state index is 11.0. The van der Waals surface area contributed by atoms with Gasteiger partial charge in [0, 0.05) is 19.5 Å². The van der Waals surface area contributed by atoms with Crippen molar-refractivity contribution in [1.29, 1.82) is 0 Å². The lowest BCUT2D eigenvalue weighted by molar-refractivity contribution is 0.0919. The third kappa shape index (κ3) is 5.41. The van der Waals surface area contributed by atoms with Crippen LogP contribution in [-0.2, 0) is 11.1 Å². The van der Waals surface area contributed by atoms with Gasteiger partial charge < -0.3 is 14.6 Å². The topological polar surface area (TPSA) is 60.8 Å². The third-order valence-corrected chi connectivity index (χ3v) is 3.35. The molecule has 0 aliphatic carbocycles. The molecule has 0 amide bonds. The number of nitrogens with zero attached hydrogens (tertiary/aromatic N) is 1. The van der Waals surface area contributed by atoms with Crippen LogP contribution in [0.15, 0.2) is 12.7 Å². The van der Waals surface area contributed by atoms with Crippen LogP contribution in [0.4, 0.5) is 0 Å². The number of likely N-dealkylation sites (N-methyl/N-ethyl adjacent to an activating group) is 1. The molecule has 0 fully saturated rings. The van der Waals surface area contributed by atoms with Crippen LogP contribution in [0.3, 0.4) is 0 Å². The third-order valence-electron chi connectivity index (χ3n) is 2.29. The van der Waals surface area contributed by atoms with E-state index < -0.39 is 16.0 Å². The van der Waals surface area contributed by atoms with Crippen molar-refractivity contribution in [1.82, 2.24) is 4.90 Å². The summed E-state index contributed by atoms with van der Waals surface area (Å²) >= 11 is -2.19. The zero-order valence-electron chi connectivity index (χ0n) is 9.48. The first-order valence-corrected chi connectivity index (χ1v) is 6.19. The standard InChI is InChI=1S/C10H21NO3S/c1-4-6-10(12,15(13)14)7-9-11(3)8-5-2/h5,12H,2,4,6-9H2,1,3H3,(H,13,14). The van der Waals surface area contributed by atoms with E-state index in [4.69, 9.17) is 4.55 Å². The summed E-state index contributed by atoms with van der Waals surface area (Å²) < 4.78 is 20.0. The Morgan fingerprint density at radius 3 is 2.53 bits per heavy atom. The molecule has 0 bridgehead atoms. The summed E-state index contributed by atoms with van der Waals surface area (Å²) in [6.45, 7) is 6.77. The Bertz CT molecular complexity index is 223. The number of aliphatic hydroxyl groups is 1. The summed E-state index contributed by atoms with van der Waals surface area (Å²) in [5, 5.41) is 9.90. The monoisotopic (exact) mass is 235 g/mol. The Hall–Kier alpha value is -0.230. The SMILES string of the molecule is C=CCN(C)CCC(O)(CCC)S(=O)O. The zero-order valence-corrected chi connectivity index (χ0v) is 10.3. The average molecular weight is 235 g/mol. The van der Waals surface area contributed by atoms with Gasteiger partial charge in [-0.2, -0.15) is 0 Å². The van der Waals surface area contributed by atoms with Crippen LogP contribution < -0.4 is 0 Å². The molecule has 2 unspecified atom stereocenters. The Morgan fingerprint density at radius 1 is 1.53 bits per heavy atom. The van der Waals surface area contributed by atoms with Crippen molar-refractivity contribution in [2.45, 2.75) is 31.1 Å². The van der Waals surface area contributed by atoms with Gasteiger partial charge in [0.25, 0.3) is 0 Å². The second-order valence-corrected chi connectivity index (χ2v) is 5.00. The van der Waals surface area contributed by atoms with E-state index in [0.29, 0.717) is 32.4 Å². The predicted octanol–water partition coefficient (Wildman–Crippen LogP) is 1.20. The van der Waals surface area contributed by atoms with E-state index in [0.717, 1.165) is 0 Å². The second-order valence-electron chi connectivity index (χ2n) is 3.75. The van der Waals surface area contributed by atoms with E-state index in [1.807, 2.05) is 18.9 Å². The Balaban J connectivity index is 4.18. The van der Waals surface area contributed by atoms with Crippen molar-refractivity contribution >= 4 is 11.1 Å². The molecule has 0 saturated heterocycles. The molecule has 4 nitrogen and oxygen atoms in total. The average Bonchev–Trinajstić information content (AvgIpc) is 2.15. The molecule has 0 aromatic carbocycles. The molecular weight excluding hydrogens is 214 g/mol. The van der Waals surface area contributed by atoms with Crippen LogP contribution in [0.1, 0.15) is 26.2 Å². The minimum absolute atomic E-state index is 0.300. The van der Waals surface area contributed by atoms with Crippen LogP contribution in [0.25, 0.3) is 0 Å². The molecule has 0 aromatic heterocycles. The van der Waals surface area contributed by atoms with E-state index in [-0.39, 0.29) is 0 Å². The van der Waals surface area contributed by atoms with Crippen LogP contribution in [-0.4, -0.2) is 43.8 Å². The molecule has 90 valence electrons. The highest BCUT2D eigenvalue weighted by Gasteiger charge is 2.32. The smallest absolute Gasteiger partial charge is 0.185 e. The van der Waals surface area contributed by atoms with Gasteiger partial charge in [-0.15, -0.1) is 6.58 Å². The van der Waals surface area contributed by atoms with Gasteiger partial charge >= 0.3 is 0 Å². The number of hydrogen-bond acceptors (Lipinski definition) is 3. The Kier molecular flexibility index (Phi) is 7.00. The maximum Gasteiger partial charge on any atom is 0.185 e. The molecule has 15 heavy (non-hydrogen) atoms. The van der Waals surface area contributed by atoms with E-state index in [1.54, 1.807) is 6.08 Å². The molecule has 0 rings (SSSR count). The first-order chi connectivity index (χ1) is 6.96. The van der Waals surface area contributed by atoms with Crippen molar-refractivity contribution in [3.05, 3.63) is 12.7 Å². The highest BCUT2D eigenvalue weighted by atomic mass is 32.2. The molecule has 0 aliphatic rings. The maximum atomic E-state index is 11.0. The van der Waals surface area contributed by atoms with Crippen LogP contribution in [0.5, 0.6) is 0 Å². The van der Waals surface area contributed by atoms with Crippen molar-refractivity contribution < 1.29 is 13.9 Å². The number of hydrogen-bond donors (Lipinski definition) is 2. The van der Waals surface area contributed by atoms with Gasteiger partial charge in [-0.05, 0) is 13.5 Å². The molecule has 0 heterocycles. The van der Waals surface area contributed by atoms with Crippen molar-refractivity contribution in [2.75, 3.05) is 20.1 Å². The van der Waals surface area contributed by atoms with Crippen molar-refractivity contribution in [3.63, 3.8) is 0 Å². The van der Waals surface area contributed by atoms with Gasteiger partial charge in [0.05, 0.1) is 0 Å². The largest absolute Gasteiger partial charge is 0.374 e. The highest BCUT2D eigenvalue weighted by molar-refractivity contribution is 7.80. The molecule has 0 aliphatic heterocycles. The normalized spacial score (nSPS) is 17.4. The van der Waals surface area contributed by atoms with Gasteiger partial charge in [-0.1, -0.05) is 19.4 Å². The lowest BCUT2D eigenvalue weighted by Crippen LogP contribution is -2.37. The molecule has 0 saturated carbocycles. The molecule has 0 spiro atoms. The molecule has 0 radical (unpaired) electrons. The minimum Gasteiger partial charge on any atom is -0.374 e. The lowest BCUT2D eigenvalue weighted by atomic mass is 10.1. The van der Waals surface area contributed by atoms with Gasteiger partial charge in [0.2, 0.25) is 0 Å². The summed E-state index contributed by atoms with van der Waals surface area (Å²) in [4.78, 5) is 0.477. The van der Waals surface area contributed by atoms with Crippen LogP contribution in [0, 0.1) is 0 Å². The number of rotatable bonds is 8. The van der Waals surface area contributed by atoms with E-state index in [9.17, 15) is 9.32 Å². The second kappa shape index (κ2) is 7.11. The first kappa shape index (κ1) is 14.8. The summed E-state index contributed by atoms with van der Waals surface area (Å²) in [5.41, 5.74) is 0. The molecular formula is C10H21NO3S. The van der Waals surface area contributed by atoms with Crippen molar-refractivity contribution in [2.24, 2.45) is 0 Å². The van der Waals surface area contributed by atoms with Gasteiger partial charge in [-0.3, -0.25) is 0 Å². The van der Waals surface area contributed by atoms with Crippen LogP contribution >= 0.6 is 0 Å². The minimum atomic E-state index is -2.19. The van der Waals surface area contributed by atoms with E-state index >= 15 is 0 Å². The van der Waals surface area contributed by atoms with Crippen LogP contribution in [0.2, 0.25) is 0 Å².